The Kier molecular flexibility index (Phi) is 5.00. The van der Waals surface area contributed by atoms with E-state index in [0.29, 0.717) is 23.6 Å². The van der Waals surface area contributed by atoms with Gasteiger partial charge in [-0.25, -0.2) is 4.79 Å². The number of rotatable bonds is 5. The summed E-state index contributed by atoms with van der Waals surface area (Å²) < 4.78 is 5.52. The van der Waals surface area contributed by atoms with Crippen LogP contribution in [-0.2, 0) is 4.74 Å². The molecule has 2 aliphatic rings. The fourth-order valence-corrected chi connectivity index (χ4v) is 3.53. The number of carbonyl (C=O) groups excluding carboxylic acids is 1. The van der Waals surface area contributed by atoms with Crippen molar-refractivity contribution in [3.8, 4) is 0 Å². The van der Waals surface area contributed by atoms with E-state index in [9.17, 15) is 4.79 Å². The zero-order chi connectivity index (χ0) is 14.5. The maximum Gasteiger partial charge on any atom is 0.321 e. The van der Waals surface area contributed by atoms with Gasteiger partial charge < -0.3 is 10.1 Å². The minimum absolute atomic E-state index is 0.213. The molecule has 21 heavy (non-hydrogen) atoms. The van der Waals surface area contributed by atoms with Gasteiger partial charge in [0.05, 0.1) is 6.61 Å². The second kappa shape index (κ2) is 7.15. The number of anilines is 1. The van der Waals surface area contributed by atoms with Crippen LogP contribution in [-0.4, -0.2) is 60.0 Å². The van der Waals surface area contributed by atoms with Crippen LogP contribution < -0.4 is 10.6 Å². The summed E-state index contributed by atoms with van der Waals surface area (Å²) >= 11 is 1.31. The van der Waals surface area contributed by atoms with Gasteiger partial charge in [0.1, 0.15) is 5.51 Å². The Morgan fingerprint density at radius 3 is 3.05 bits per heavy atom. The monoisotopic (exact) mass is 311 g/mol. The standard InChI is InChI=1S/C13H21N5O2S/c19-12(16-13-17-15-9-21-13)14-7-11(10-3-6-20-8-10)18-4-1-2-5-18/h9-11H,1-8H2,(H2,14,16,17,19)/t10-,11-/m0/s1. The molecule has 1 aromatic heterocycles. The summed E-state index contributed by atoms with van der Waals surface area (Å²) in [4.78, 5) is 14.4. The van der Waals surface area contributed by atoms with Crippen LogP contribution in [0.15, 0.2) is 5.51 Å². The van der Waals surface area contributed by atoms with Crippen molar-refractivity contribution in [1.29, 1.82) is 0 Å². The molecule has 0 aliphatic carbocycles. The topological polar surface area (TPSA) is 79.4 Å². The lowest BCUT2D eigenvalue weighted by molar-refractivity contribution is 0.135. The molecular formula is C13H21N5O2S. The summed E-state index contributed by atoms with van der Waals surface area (Å²) in [6, 6.07) is 0.157. The number of nitrogens with zero attached hydrogens (tertiary/aromatic N) is 3. The number of carbonyl (C=O) groups is 1. The van der Waals surface area contributed by atoms with Crippen molar-refractivity contribution in [2.75, 3.05) is 38.2 Å². The number of likely N-dealkylation sites (tertiary alicyclic amines) is 1. The maximum atomic E-state index is 11.9. The molecule has 2 atom stereocenters. The van der Waals surface area contributed by atoms with Gasteiger partial charge in [-0.2, -0.15) is 0 Å². The Hall–Kier alpha value is -1.25. The molecule has 0 radical (unpaired) electrons. The largest absolute Gasteiger partial charge is 0.381 e. The highest BCUT2D eigenvalue weighted by Gasteiger charge is 2.32. The van der Waals surface area contributed by atoms with Crippen LogP contribution in [0.25, 0.3) is 0 Å². The van der Waals surface area contributed by atoms with Crippen LogP contribution in [0.1, 0.15) is 19.3 Å². The highest BCUT2D eigenvalue weighted by Crippen LogP contribution is 2.24. The SMILES string of the molecule is O=C(NC[C@@H]([C@H]1CCOC1)N1CCCC1)Nc1nncs1. The van der Waals surface area contributed by atoms with Crippen molar-refractivity contribution in [2.45, 2.75) is 25.3 Å². The van der Waals surface area contributed by atoms with E-state index < -0.39 is 0 Å². The average Bonchev–Trinajstić information content (AvgIpc) is 3.23. The molecule has 0 aromatic carbocycles. The van der Waals surface area contributed by atoms with Gasteiger partial charge in [0.2, 0.25) is 5.13 Å². The van der Waals surface area contributed by atoms with E-state index in [1.165, 1.54) is 24.2 Å². The van der Waals surface area contributed by atoms with Crippen LogP contribution in [0.5, 0.6) is 0 Å². The number of aromatic nitrogens is 2. The molecule has 7 nitrogen and oxygen atoms in total. The van der Waals surface area contributed by atoms with Gasteiger partial charge in [0.15, 0.2) is 0 Å². The van der Waals surface area contributed by atoms with Gasteiger partial charge in [0, 0.05) is 25.1 Å². The molecule has 2 saturated heterocycles. The van der Waals surface area contributed by atoms with Crippen molar-refractivity contribution in [3.05, 3.63) is 5.51 Å². The third-order valence-electron chi connectivity index (χ3n) is 4.17. The summed E-state index contributed by atoms with van der Waals surface area (Å²) in [5.41, 5.74) is 1.60. The fraction of sp³-hybridized carbons (Fsp3) is 0.769. The molecule has 0 saturated carbocycles. The molecule has 3 heterocycles. The Morgan fingerprint density at radius 2 is 2.38 bits per heavy atom. The number of nitrogens with one attached hydrogen (secondary N) is 2. The van der Waals surface area contributed by atoms with Gasteiger partial charge in [-0.15, -0.1) is 10.2 Å². The van der Waals surface area contributed by atoms with Gasteiger partial charge in [-0.1, -0.05) is 11.3 Å². The Bertz CT molecular complexity index is 427. The number of ether oxygens (including phenoxy) is 1. The Labute approximate surface area is 128 Å². The zero-order valence-corrected chi connectivity index (χ0v) is 12.8. The summed E-state index contributed by atoms with van der Waals surface area (Å²) in [6.07, 6.45) is 3.59. The molecule has 8 heteroatoms. The first-order valence-corrected chi connectivity index (χ1v) is 8.34. The van der Waals surface area contributed by atoms with Gasteiger partial charge in [0.25, 0.3) is 0 Å². The number of hydrogen-bond acceptors (Lipinski definition) is 6. The van der Waals surface area contributed by atoms with Crippen molar-refractivity contribution >= 4 is 22.5 Å². The molecule has 0 spiro atoms. The first-order valence-electron chi connectivity index (χ1n) is 7.46. The Morgan fingerprint density at radius 1 is 1.52 bits per heavy atom. The predicted octanol–water partition coefficient (Wildman–Crippen LogP) is 1.16. The number of urea groups is 1. The quantitative estimate of drug-likeness (QED) is 0.853. The lowest BCUT2D eigenvalue weighted by Crippen LogP contribution is -2.48. The predicted molar refractivity (Wildman–Crippen MR) is 80.5 cm³/mol. The van der Waals surface area contributed by atoms with E-state index >= 15 is 0 Å². The highest BCUT2D eigenvalue weighted by atomic mass is 32.1. The van der Waals surface area contributed by atoms with Crippen molar-refractivity contribution < 1.29 is 9.53 Å². The molecule has 2 aliphatic heterocycles. The normalized spacial score (nSPS) is 24.1. The van der Waals surface area contributed by atoms with Gasteiger partial charge in [-0.3, -0.25) is 10.2 Å². The van der Waals surface area contributed by atoms with E-state index in [-0.39, 0.29) is 6.03 Å². The zero-order valence-electron chi connectivity index (χ0n) is 12.0. The second-order valence-corrected chi connectivity index (χ2v) is 6.35. The van der Waals surface area contributed by atoms with Crippen LogP contribution in [0, 0.1) is 5.92 Å². The minimum Gasteiger partial charge on any atom is -0.381 e. The summed E-state index contributed by atoms with van der Waals surface area (Å²) in [6.45, 7) is 4.55. The molecule has 2 amide bonds. The third-order valence-corrected chi connectivity index (χ3v) is 4.78. The maximum absolute atomic E-state index is 11.9. The fourth-order valence-electron chi connectivity index (χ4n) is 3.09. The van der Waals surface area contributed by atoms with E-state index in [1.54, 1.807) is 5.51 Å². The molecular weight excluding hydrogens is 290 g/mol. The summed E-state index contributed by atoms with van der Waals surface area (Å²) in [5.74, 6) is 0.518. The molecule has 116 valence electrons. The van der Waals surface area contributed by atoms with E-state index in [2.05, 4.69) is 25.7 Å². The molecule has 2 fully saturated rings. The molecule has 1 aromatic rings. The van der Waals surface area contributed by atoms with E-state index in [4.69, 9.17) is 4.74 Å². The van der Waals surface area contributed by atoms with Crippen molar-refractivity contribution in [3.63, 3.8) is 0 Å². The van der Waals surface area contributed by atoms with Crippen molar-refractivity contribution in [1.82, 2.24) is 20.4 Å². The lowest BCUT2D eigenvalue weighted by Gasteiger charge is -2.31. The van der Waals surface area contributed by atoms with Crippen LogP contribution in [0.2, 0.25) is 0 Å². The first-order chi connectivity index (χ1) is 10.3. The molecule has 0 unspecified atom stereocenters. The first kappa shape index (κ1) is 14.7. The van der Waals surface area contributed by atoms with Gasteiger partial charge >= 0.3 is 6.03 Å². The summed E-state index contributed by atoms with van der Waals surface area (Å²) in [5, 5.41) is 13.7. The van der Waals surface area contributed by atoms with Crippen LogP contribution in [0.3, 0.4) is 0 Å². The van der Waals surface area contributed by atoms with E-state index in [1.807, 2.05) is 0 Å². The molecule has 2 N–H and O–H groups in total. The average molecular weight is 311 g/mol. The number of hydrogen-bond donors (Lipinski definition) is 2. The number of amides is 2. The summed E-state index contributed by atoms with van der Waals surface area (Å²) in [7, 11) is 0. The smallest absolute Gasteiger partial charge is 0.321 e. The van der Waals surface area contributed by atoms with Crippen LogP contribution in [0.4, 0.5) is 9.93 Å². The minimum atomic E-state index is -0.213. The van der Waals surface area contributed by atoms with Crippen LogP contribution >= 0.6 is 11.3 Å². The lowest BCUT2D eigenvalue weighted by atomic mass is 9.97. The highest BCUT2D eigenvalue weighted by molar-refractivity contribution is 7.13. The van der Waals surface area contributed by atoms with E-state index in [0.717, 1.165) is 32.7 Å². The molecule has 0 bridgehead atoms. The second-order valence-electron chi connectivity index (χ2n) is 5.51. The van der Waals surface area contributed by atoms with Crippen molar-refractivity contribution in [2.24, 2.45) is 5.92 Å². The molecule has 3 rings (SSSR count). The Balaban J connectivity index is 1.52. The van der Waals surface area contributed by atoms with Gasteiger partial charge in [-0.05, 0) is 32.4 Å². The third kappa shape index (κ3) is 3.90.